The largest absolute Gasteiger partial charge is 0.399 e. The summed E-state index contributed by atoms with van der Waals surface area (Å²) in [5.74, 6) is 0. The molecule has 0 saturated heterocycles. The average molecular weight is 320 g/mol. The van der Waals surface area contributed by atoms with Gasteiger partial charge in [-0.25, -0.2) is 4.98 Å². The van der Waals surface area contributed by atoms with E-state index in [9.17, 15) is 0 Å². The van der Waals surface area contributed by atoms with Crippen molar-refractivity contribution in [2.75, 3.05) is 10.7 Å². The van der Waals surface area contributed by atoms with Gasteiger partial charge in [0.2, 0.25) is 0 Å². The molecule has 6 nitrogen and oxygen atoms in total. The molecule has 0 atom stereocenters. The molecule has 0 aliphatic rings. The Bertz CT molecular complexity index is 770. The summed E-state index contributed by atoms with van der Waals surface area (Å²) < 4.78 is 0. The third-order valence-electron chi connectivity index (χ3n) is 3.26. The van der Waals surface area contributed by atoms with Gasteiger partial charge in [0.05, 0.1) is 23.9 Å². The second-order valence-corrected chi connectivity index (χ2v) is 4.77. The van der Waals surface area contributed by atoms with Crippen LogP contribution < -0.4 is 10.7 Å². The van der Waals surface area contributed by atoms with Gasteiger partial charge in [0, 0.05) is 5.69 Å². The molecule has 3 rings (SSSR count). The van der Waals surface area contributed by atoms with Crippen molar-refractivity contribution in [3.05, 3.63) is 72.3 Å². The fourth-order valence-corrected chi connectivity index (χ4v) is 2.11. The van der Waals surface area contributed by atoms with Crippen molar-refractivity contribution in [3.8, 4) is 6.07 Å². The zero-order valence-corrected chi connectivity index (χ0v) is 13.8. The van der Waals surface area contributed by atoms with Gasteiger partial charge in [-0.05, 0) is 42.0 Å². The van der Waals surface area contributed by atoms with Gasteiger partial charge in [-0.15, -0.1) is 5.10 Å². The van der Waals surface area contributed by atoms with E-state index < -0.39 is 0 Å². The number of hydrogen-bond donors (Lipinski definition) is 1. The van der Waals surface area contributed by atoms with Crippen LogP contribution in [0.5, 0.6) is 0 Å². The number of nitrogens with two attached hydrogens (primary N) is 1. The standard InChI is InChI=1S/C16H14N6.C2H6/c17-9-13-3-7-16(8-4-13)21(22-12-19-11-20-22)10-14-1-5-15(18)6-2-14;1-2/h1-8,11-12H,10,18H2;1-2H3. The molecular weight excluding hydrogens is 300 g/mol. The van der Waals surface area contributed by atoms with E-state index in [4.69, 9.17) is 11.0 Å². The van der Waals surface area contributed by atoms with Crippen LogP contribution in [-0.2, 0) is 6.54 Å². The average Bonchev–Trinajstić information content (AvgIpc) is 3.17. The Morgan fingerprint density at radius 2 is 1.75 bits per heavy atom. The molecule has 0 aliphatic carbocycles. The zero-order valence-electron chi connectivity index (χ0n) is 13.8. The zero-order chi connectivity index (χ0) is 17.4. The van der Waals surface area contributed by atoms with Gasteiger partial charge in [0.1, 0.15) is 12.7 Å². The van der Waals surface area contributed by atoms with Gasteiger partial charge in [-0.3, -0.25) is 5.01 Å². The molecule has 6 heteroatoms. The third-order valence-corrected chi connectivity index (χ3v) is 3.26. The number of anilines is 2. The van der Waals surface area contributed by atoms with E-state index >= 15 is 0 Å². The maximum atomic E-state index is 8.91. The highest BCUT2D eigenvalue weighted by atomic mass is 15.7. The quantitative estimate of drug-likeness (QED) is 0.746. The van der Waals surface area contributed by atoms with E-state index in [1.165, 1.54) is 6.33 Å². The maximum Gasteiger partial charge on any atom is 0.139 e. The van der Waals surface area contributed by atoms with Gasteiger partial charge < -0.3 is 5.73 Å². The topological polar surface area (TPSA) is 83.8 Å². The lowest BCUT2D eigenvalue weighted by molar-refractivity contribution is 0.610. The molecular formula is C18H20N6. The van der Waals surface area contributed by atoms with Crippen molar-refractivity contribution in [2.24, 2.45) is 0 Å². The lowest BCUT2D eigenvalue weighted by Gasteiger charge is -2.24. The second kappa shape index (κ2) is 8.34. The molecule has 0 radical (unpaired) electrons. The van der Waals surface area contributed by atoms with E-state index in [-0.39, 0.29) is 0 Å². The Kier molecular flexibility index (Phi) is 5.92. The van der Waals surface area contributed by atoms with Crippen LogP contribution in [-0.4, -0.2) is 14.9 Å². The molecule has 0 fully saturated rings. The highest BCUT2D eigenvalue weighted by molar-refractivity contribution is 5.50. The predicted molar refractivity (Wildman–Crippen MR) is 95.0 cm³/mol. The van der Waals surface area contributed by atoms with E-state index in [1.54, 1.807) is 23.3 Å². The van der Waals surface area contributed by atoms with Crippen LogP contribution >= 0.6 is 0 Å². The van der Waals surface area contributed by atoms with Crippen molar-refractivity contribution in [1.29, 1.82) is 5.26 Å². The number of hydrogen-bond acceptors (Lipinski definition) is 5. The van der Waals surface area contributed by atoms with Gasteiger partial charge in [0.15, 0.2) is 0 Å². The number of nitriles is 1. The van der Waals surface area contributed by atoms with Crippen LogP contribution in [0.3, 0.4) is 0 Å². The summed E-state index contributed by atoms with van der Waals surface area (Å²) >= 11 is 0. The molecule has 1 heterocycles. The van der Waals surface area contributed by atoms with Crippen LogP contribution in [0.25, 0.3) is 0 Å². The van der Waals surface area contributed by atoms with Gasteiger partial charge in [-0.1, -0.05) is 26.0 Å². The first-order chi connectivity index (χ1) is 11.8. The molecule has 0 saturated carbocycles. The minimum atomic E-state index is 0.607. The molecule has 0 amide bonds. The summed E-state index contributed by atoms with van der Waals surface area (Å²) in [6, 6.07) is 17.1. The van der Waals surface area contributed by atoms with E-state index in [1.807, 2.05) is 55.3 Å². The van der Waals surface area contributed by atoms with Gasteiger partial charge in [0.25, 0.3) is 0 Å². The van der Waals surface area contributed by atoms with Crippen molar-refractivity contribution >= 4 is 11.4 Å². The lowest BCUT2D eigenvalue weighted by atomic mass is 10.2. The molecule has 0 aliphatic heterocycles. The first-order valence-electron chi connectivity index (χ1n) is 7.73. The molecule has 0 bridgehead atoms. The number of nitrogens with zero attached hydrogens (tertiary/aromatic N) is 5. The summed E-state index contributed by atoms with van der Waals surface area (Å²) in [7, 11) is 0. The van der Waals surface area contributed by atoms with Crippen LogP contribution in [0, 0.1) is 11.3 Å². The van der Waals surface area contributed by atoms with Crippen molar-refractivity contribution in [3.63, 3.8) is 0 Å². The molecule has 1 aromatic heterocycles. The molecule has 3 aromatic rings. The Balaban J connectivity index is 0.00000100. The molecule has 2 N–H and O–H groups in total. The molecule has 0 spiro atoms. The number of rotatable bonds is 4. The third kappa shape index (κ3) is 4.11. The van der Waals surface area contributed by atoms with Crippen LogP contribution in [0.15, 0.2) is 61.2 Å². The smallest absolute Gasteiger partial charge is 0.139 e. The Morgan fingerprint density at radius 3 is 2.29 bits per heavy atom. The summed E-state index contributed by atoms with van der Waals surface area (Å²) in [6.45, 7) is 4.61. The molecule has 122 valence electrons. The fourth-order valence-electron chi connectivity index (χ4n) is 2.11. The SMILES string of the molecule is CC.N#Cc1ccc(N(Cc2ccc(N)cc2)n2cncn2)cc1. The first kappa shape index (κ1) is 17.0. The Hall–Kier alpha value is -3.33. The normalized spacial score (nSPS) is 9.54. The van der Waals surface area contributed by atoms with Crippen LogP contribution in [0.1, 0.15) is 25.0 Å². The molecule has 2 aromatic carbocycles. The van der Waals surface area contributed by atoms with Gasteiger partial charge >= 0.3 is 0 Å². The molecule has 0 unspecified atom stereocenters. The summed E-state index contributed by atoms with van der Waals surface area (Å²) in [5, 5.41) is 15.1. The van der Waals surface area contributed by atoms with E-state index in [0.29, 0.717) is 12.1 Å². The minimum Gasteiger partial charge on any atom is -0.399 e. The Labute approximate surface area is 141 Å². The fraction of sp³-hybridized carbons (Fsp3) is 0.167. The van der Waals surface area contributed by atoms with Gasteiger partial charge in [-0.2, -0.15) is 10.1 Å². The first-order valence-corrected chi connectivity index (χ1v) is 7.73. The van der Waals surface area contributed by atoms with Crippen molar-refractivity contribution in [1.82, 2.24) is 14.9 Å². The number of nitrogen functional groups attached to an aromatic ring is 1. The highest BCUT2D eigenvalue weighted by Gasteiger charge is 2.10. The highest BCUT2D eigenvalue weighted by Crippen LogP contribution is 2.19. The lowest BCUT2D eigenvalue weighted by Crippen LogP contribution is -2.29. The predicted octanol–water partition coefficient (Wildman–Crippen LogP) is 3.23. The minimum absolute atomic E-state index is 0.607. The van der Waals surface area contributed by atoms with E-state index in [0.717, 1.165) is 16.9 Å². The Morgan fingerprint density at radius 1 is 1.08 bits per heavy atom. The van der Waals surface area contributed by atoms with Crippen LogP contribution in [0.2, 0.25) is 0 Å². The second-order valence-electron chi connectivity index (χ2n) is 4.77. The number of aromatic nitrogens is 3. The van der Waals surface area contributed by atoms with E-state index in [2.05, 4.69) is 16.2 Å². The maximum absolute atomic E-state index is 8.91. The summed E-state index contributed by atoms with van der Waals surface area (Å²) in [6.07, 6.45) is 3.12. The van der Waals surface area contributed by atoms with Crippen LogP contribution in [0.4, 0.5) is 11.4 Å². The summed E-state index contributed by atoms with van der Waals surface area (Å²) in [4.78, 5) is 5.66. The van der Waals surface area contributed by atoms with Crippen molar-refractivity contribution in [2.45, 2.75) is 20.4 Å². The van der Waals surface area contributed by atoms with Crippen molar-refractivity contribution < 1.29 is 0 Å². The molecule has 24 heavy (non-hydrogen) atoms. The monoisotopic (exact) mass is 320 g/mol. The number of benzene rings is 2. The summed E-state index contributed by atoms with van der Waals surface area (Å²) in [5.41, 5.74) is 9.08.